The van der Waals surface area contributed by atoms with Crippen molar-refractivity contribution in [3.05, 3.63) is 90.1 Å². The number of rotatable bonds is 6. The summed E-state index contributed by atoms with van der Waals surface area (Å²) >= 11 is 1.23. The molecule has 35 heavy (non-hydrogen) atoms. The van der Waals surface area contributed by atoms with E-state index in [1.165, 1.54) is 11.3 Å². The number of aryl methyl sites for hydroxylation is 1. The van der Waals surface area contributed by atoms with Crippen LogP contribution in [0.15, 0.2) is 90.0 Å². The van der Waals surface area contributed by atoms with E-state index in [1.54, 1.807) is 24.3 Å². The third-order valence-electron chi connectivity index (χ3n) is 5.74. The van der Waals surface area contributed by atoms with Crippen LogP contribution in [-0.4, -0.2) is 32.6 Å². The Balaban J connectivity index is 1.45. The maximum Gasteiger partial charge on any atom is 0.263 e. The number of benzene rings is 3. The zero-order valence-corrected chi connectivity index (χ0v) is 20.3. The number of hydrogen-bond donors (Lipinski definition) is 1. The molecule has 10 heteroatoms. The van der Waals surface area contributed by atoms with Gasteiger partial charge in [0.05, 0.1) is 21.6 Å². The maximum absolute atomic E-state index is 12.9. The van der Waals surface area contributed by atoms with Crippen molar-refractivity contribution in [3.63, 3.8) is 0 Å². The second-order valence-corrected chi connectivity index (χ2v) is 10.7. The molecule has 3 aromatic carbocycles. The van der Waals surface area contributed by atoms with Gasteiger partial charge in [-0.15, -0.1) is 10.2 Å². The normalized spacial score (nSPS) is 11.9. The number of sulfonamides is 1. The van der Waals surface area contributed by atoms with E-state index >= 15 is 0 Å². The van der Waals surface area contributed by atoms with Crippen LogP contribution in [0.5, 0.6) is 0 Å². The highest BCUT2D eigenvalue weighted by atomic mass is 32.2. The van der Waals surface area contributed by atoms with Crippen molar-refractivity contribution in [1.29, 1.82) is 0 Å². The van der Waals surface area contributed by atoms with Gasteiger partial charge in [0.2, 0.25) is 10.9 Å². The van der Waals surface area contributed by atoms with Gasteiger partial charge in [-0.3, -0.25) is 13.7 Å². The topological polar surface area (TPSA) is 94.2 Å². The molecule has 1 N–H and O–H groups in total. The molecule has 0 fully saturated rings. The van der Waals surface area contributed by atoms with E-state index < -0.39 is 10.0 Å². The van der Waals surface area contributed by atoms with Gasteiger partial charge in [-0.1, -0.05) is 60.7 Å². The second kappa shape index (κ2) is 8.33. The molecule has 0 saturated heterocycles. The molecule has 0 amide bonds. The van der Waals surface area contributed by atoms with Crippen LogP contribution in [0.1, 0.15) is 11.9 Å². The van der Waals surface area contributed by atoms with E-state index in [4.69, 9.17) is 4.98 Å². The molecule has 0 atom stereocenters. The Morgan fingerprint density at radius 3 is 2.40 bits per heavy atom. The summed E-state index contributed by atoms with van der Waals surface area (Å²) in [4.78, 5) is 5.00. The van der Waals surface area contributed by atoms with Crippen LogP contribution >= 0.6 is 11.3 Å². The quantitative estimate of drug-likeness (QED) is 0.341. The minimum Gasteiger partial charge on any atom is -0.283 e. The highest BCUT2D eigenvalue weighted by Gasteiger charge is 2.20. The van der Waals surface area contributed by atoms with Crippen molar-refractivity contribution in [2.24, 2.45) is 0 Å². The van der Waals surface area contributed by atoms with Crippen molar-refractivity contribution in [3.8, 4) is 16.9 Å². The van der Waals surface area contributed by atoms with E-state index in [1.807, 2.05) is 66.1 Å². The van der Waals surface area contributed by atoms with Crippen LogP contribution < -0.4 is 4.72 Å². The largest absolute Gasteiger partial charge is 0.283 e. The number of imidazole rings is 2. The van der Waals surface area contributed by atoms with Crippen LogP contribution in [0.2, 0.25) is 0 Å². The minimum atomic E-state index is -3.79. The first-order valence-electron chi connectivity index (χ1n) is 11.0. The van der Waals surface area contributed by atoms with Gasteiger partial charge in [-0.25, -0.2) is 13.4 Å². The maximum atomic E-state index is 12.9. The fourth-order valence-electron chi connectivity index (χ4n) is 4.06. The van der Waals surface area contributed by atoms with Crippen molar-refractivity contribution in [2.75, 3.05) is 4.72 Å². The Hall–Kier alpha value is -4.02. The summed E-state index contributed by atoms with van der Waals surface area (Å²) in [5, 5.41) is 8.93. The van der Waals surface area contributed by atoms with E-state index in [9.17, 15) is 8.42 Å². The van der Waals surface area contributed by atoms with Gasteiger partial charge in [0, 0.05) is 17.4 Å². The third kappa shape index (κ3) is 3.76. The van der Waals surface area contributed by atoms with Crippen LogP contribution in [-0.2, 0) is 16.4 Å². The lowest BCUT2D eigenvalue weighted by molar-refractivity contribution is 0.601. The summed E-state index contributed by atoms with van der Waals surface area (Å²) in [6, 6.07) is 24.8. The molecular formula is C25H20N6O2S2. The lowest BCUT2D eigenvalue weighted by Gasteiger charge is -2.10. The summed E-state index contributed by atoms with van der Waals surface area (Å²) in [5.41, 5.74) is 4.68. The molecule has 8 nitrogen and oxygen atoms in total. The first-order chi connectivity index (χ1) is 17.0. The standard InChI is InChI=1S/C25H20N6O2S2/c1-2-23-27-28-24(34-23)29-35(32,33)19-14-12-18(13-15-19)31-22(17-8-4-3-5-9-17)16-30-21-11-7-6-10-20(21)26-25(30)31/h3-16H,2H2,1H3,(H,28,29). The van der Waals surface area contributed by atoms with E-state index in [-0.39, 0.29) is 10.0 Å². The molecule has 0 aliphatic carbocycles. The number of aromatic nitrogens is 5. The van der Waals surface area contributed by atoms with Crippen molar-refractivity contribution in [2.45, 2.75) is 18.2 Å². The molecule has 0 spiro atoms. The summed E-state index contributed by atoms with van der Waals surface area (Å²) in [5.74, 6) is 0.750. The average molecular weight is 501 g/mol. The van der Waals surface area contributed by atoms with Gasteiger partial charge < -0.3 is 0 Å². The second-order valence-electron chi connectivity index (χ2n) is 7.94. The number of fused-ring (bicyclic) bond motifs is 3. The van der Waals surface area contributed by atoms with Gasteiger partial charge >= 0.3 is 0 Å². The zero-order valence-electron chi connectivity index (χ0n) is 18.7. The van der Waals surface area contributed by atoms with Crippen LogP contribution in [0.4, 0.5) is 5.13 Å². The van der Waals surface area contributed by atoms with Gasteiger partial charge in [0.1, 0.15) is 5.01 Å². The van der Waals surface area contributed by atoms with Crippen molar-refractivity contribution >= 4 is 43.3 Å². The summed E-state index contributed by atoms with van der Waals surface area (Å²) in [6.07, 6.45) is 2.76. The summed E-state index contributed by atoms with van der Waals surface area (Å²) in [6.45, 7) is 1.95. The predicted octanol–water partition coefficient (Wildman–Crippen LogP) is 5.16. The van der Waals surface area contributed by atoms with Gasteiger partial charge in [0.25, 0.3) is 10.0 Å². The highest BCUT2D eigenvalue weighted by molar-refractivity contribution is 7.93. The number of nitrogens with one attached hydrogen (secondary N) is 1. The molecule has 174 valence electrons. The lowest BCUT2D eigenvalue weighted by Crippen LogP contribution is -2.13. The Labute approximate surface area is 205 Å². The zero-order chi connectivity index (χ0) is 24.0. The first kappa shape index (κ1) is 21.5. The monoisotopic (exact) mass is 500 g/mol. The molecule has 0 radical (unpaired) electrons. The molecule has 6 rings (SSSR count). The SMILES string of the molecule is CCc1nnc(NS(=O)(=O)c2ccc(-n3c(-c4ccccc4)cn4c5ccccc5nc34)cc2)s1. The van der Waals surface area contributed by atoms with E-state index in [0.717, 1.165) is 38.8 Å². The summed E-state index contributed by atoms with van der Waals surface area (Å²) in [7, 11) is -3.79. The van der Waals surface area contributed by atoms with Gasteiger partial charge in [0.15, 0.2) is 0 Å². The van der Waals surface area contributed by atoms with Crippen molar-refractivity contribution < 1.29 is 8.42 Å². The number of anilines is 1. The van der Waals surface area contributed by atoms with Crippen LogP contribution in [0.25, 0.3) is 33.8 Å². The average Bonchev–Trinajstić information content (AvgIpc) is 3.58. The molecular weight excluding hydrogens is 480 g/mol. The summed E-state index contributed by atoms with van der Waals surface area (Å²) < 4.78 is 32.5. The van der Waals surface area contributed by atoms with Gasteiger partial charge in [-0.05, 0) is 42.8 Å². The molecule has 0 aliphatic heterocycles. The highest BCUT2D eigenvalue weighted by Crippen LogP contribution is 2.30. The predicted molar refractivity (Wildman–Crippen MR) is 138 cm³/mol. The molecule has 3 aromatic heterocycles. The number of nitrogens with zero attached hydrogens (tertiary/aromatic N) is 5. The Morgan fingerprint density at radius 1 is 0.914 bits per heavy atom. The molecule has 3 heterocycles. The Bertz CT molecular complexity index is 1770. The van der Waals surface area contributed by atoms with Gasteiger partial charge in [-0.2, -0.15) is 0 Å². The molecule has 0 bridgehead atoms. The van der Waals surface area contributed by atoms with Crippen LogP contribution in [0.3, 0.4) is 0 Å². The van der Waals surface area contributed by atoms with Crippen LogP contribution in [0, 0.1) is 0 Å². The van der Waals surface area contributed by atoms with E-state index in [0.29, 0.717) is 6.42 Å². The molecule has 0 saturated carbocycles. The third-order valence-corrected chi connectivity index (χ3v) is 8.20. The Kier molecular flexibility index (Phi) is 5.12. The van der Waals surface area contributed by atoms with E-state index in [2.05, 4.69) is 25.5 Å². The minimum absolute atomic E-state index is 0.146. The lowest BCUT2D eigenvalue weighted by atomic mass is 10.1. The Morgan fingerprint density at radius 2 is 1.66 bits per heavy atom. The first-order valence-corrected chi connectivity index (χ1v) is 13.3. The molecule has 0 unspecified atom stereocenters. The van der Waals surface area contributed by atoms with Crippen molar-refractivity contribution in [1.82, 2.24) is 24.1 Å². The molecule has 6 aromatic rings. The number of hydrogen-bond acceptors (Lipinski definition) is 6. The smallest absolute Gasteiger partial charge is 0.263 e. The fraction of sp³-hybridized carbons (Fsp3) is 0.0800. The molecule has 0 aliphatic rings. The number of para-hydroxylation sites is 2. The fourth-order valence-corrected chi connectivity index (χ4v) is 5.97.